The van der Waals surface area contributed by atoms with E-state index in [1.807, 2.05) is 6.07 Å². The smallest absolute Gasteiger partial charge is 0.118 e. The van der Waals surface area contributed by atoms with Gasteiger partial charge in [0.15, 0.2) is 0 Å². The van der Waals surface area contributed by atoms with Gasteiger partial charge in [0.05, 0.1) is 5.71 Å². The van der Waals surface area contributed by atoms with Gasteiger partial charge < -0.3 is 9.74 Å². The highest BCUT2D eigenvalue weighted by Crippen LogP contribution is 2.23. The van der Waals surface area contributed by atoms with Gasteiger partial charge in [-0.2, -0.15) is 0 Å². The van der Waals surface area contributed by atoms with Gasteiger partial charge in [-0.15, -0.1) is 0 Å². The maximum atomic E-state index is 5.51. The van der Waals surface area contributed by atoms with Crippen molar-refractivity contribution in [3.8, 4) is 0 Å². The standard InChI is InChI=1S/C18H26N2O/c1-20(2)13-8-14-21-19-18-12-7-6-11-17(18)15-16-9-4-3-5-10-16/h3-5,9-10,15H,6-8,11-14H2,1-2H3. The molecule has 1 aromatic rings. The highest BCUT2D eigenvalue weighted by atomic mass is 16.6. The molecule has 0 unspecified atom stereocenters. The highest BCUT2D eigenvalue weighted by molar-refractivity contribution is 6.03. The van der Waals surface area contributed by atoms with Gasteiger partial charge in [0, 0.05) is 6.54 Å². The number of hydrogen-bond donors (Lipinski definition) is 0. The highest BCUT2D eigenvalue weighted by Gasteiger charge is 2.14. The van der Waals surface area contributed by atoms with Crippen molar-refractivity contribution < 1.29 is 4.84 Å². The van der Waals surface area contributed by atoms with Crippen LogP contribution in [-0.2, 0) is 4.84 Å². The Bertz CT molecular complexity index is 477. The van der Waals surface area contributed by atoms with E-state index in [-0.39, 0.29) is 0 Å². The second-order valence-electron chi connectivity index (χ2n) is 5.82. The maximum Gasteiger partial charge on any atom is 0.118 e. The van der Waals surface area contributed by atoms with Gasteiger partial charge in [-0.05, 0) is 63.4 Å². The van der Waals surface area contributed by atoms with Gasteiger partial charge in [-0.3, -0.25) is 0 Å². The first-order valence-electron chi connectivity index (χ1n) is 7.85. The summed E-state index contributed by atoms with van der Waals surface area (Å²) in [6, 6.07) is 10.5. The van der Waals surface area contributed by atoms with Crippen LogP contribution in [0.25, 0.3) is 6.08 Å². The first-order valence-corrected chi connectivity index (χ1v) is 7.85. The Morgan fingerprint density at radius 1 is 1.14 bits per heavy atom. The van der Waals surface area contributed by atoms with Crippen LogP contribution in [0.4, 0.5) is 0 Å². The molecule has 0 aromatic heterocycles. The molecule has 0 N–H and O–H groups in total. The Balaban J connectivity index is 1.94. The number of allylic oxidation sites excluding steroid dienone is 1. The van der Waals surface area contributed by atoms with Crippen LogP contribution in [0, 0.1) is 0 Å². The predicted molar refractivity (Wildman–Crippen MR) is 89.4 cm³/mol. The Hall–Kier alpha value is -1.61. The lowest BCUT2D eigenvalue weighted by atomic mass is 9.91. The number of benzene rings is 1. The first-order chi connectivity index (χ1) is 10.3. The van der Waals surface area contributed by atoms with Crippen LogP contribution in [0.2, 0.25) is 0 Å². The summed E-state index contributed by atoms with van der Waals surface area (Å²) in [5.74, 6) is 0. The van der Waals surface area contributed by atoms with Crippen LogP contribution in [0.3, 0.4) is 0 Å². The molecule has 0 amide bonds. The molecule has 0 saturated heterocycles. The molecule has 0 heterocycles. The van der Waals surface area contributed by atoms with Crippen molar-refractivity contribution >= 4 is 11.8 Å². The summed E-state index contributed by atoms with van der Waals surface area (Å²) in [5, 5.41) is 4.39. The van der Waals surface area contributed by atoms with E-state index in [0.29, 0.717) is 6.61 Å². The van der Waals surface area contributed by atoms with Crippen LogP contribution in [-0.4, -0.2) is 37.9 Å². The van der Waals surface area contributed by atoms with E-state index in [1.165, 1.54) is 24.0 Å². The summed E-state index contributed by atoms with van der Waals surface area (Å²) in [4.78, 5) is 7.68. The molecule has 2 rings (SSSR count). The normalized spacial score (nSPS) is 19.4. The Kier molecular flexibility index (Phi) is 6.48. The van der Waals surface area contributed by atoms with E-state index in [9.17, 15) is 0 Å². The fraction of sp³-hybridized carbons (Fsp3) is 0.500. The van der Waals surface area contributed by atoms with E-state index in [4.69, 9.17) is 4.84 Å². The van der Waals surface area contributed by atoms with Crippen molar-refractivity contribution in [2.45, 2.75) is 32.1 Å². The summed E-state index contributed by atoms with van der Waals surface area (Å²) in [7, 11) is 4.15. The minimum Gasteiger partial charge on any atom is -0.396 e. The molecule has 0 aliphatic heterocycles. The fourth-order valence-electron chi connectivity index (χ4n) is 2.49. The van der Waals surface area contributed by atoms with E-state index in [0.717, 1.165) is 31.5 Å². The van der Waals surface area contributed by atoms with Crippen LogP contribution in [0.5, 0.6) is 0 Å². The lowest BCUT2D eigenvalue weighted by Crippen LogP contribution is -2.15. The largest absolute Gasteiger partial charge is 0.396 e. The zero-order chi connectivity index (χ0) is 14.9. The molecule has 21 heavy (non-hydrogen) atoms. The molecule has 114 valence electrons. The van der Waals surface area contributed by atoms with Gasteiger partial charge in [0.25, 0.3) is 0 Å². The number of hydrogen-bond acceptors (Lipinski definition) is 3. The van der Waals surface area contributed by atoms with E-state index in [2.05, 4.69) is 54.5 Å². The predicted octanol–water partition coefficient (Wildman–Crippen LogP) is 3.97. The third-order valence-corrected chi connectivity index (χ3v) is 3.64. The molecule has 1 saturated carbocycles. The number of nitrogens with zero attached hydrogens (tertiary/aromatic N) is 2. The topological polar surface area (TPSA) is 24.8 Å². The van der Waals surface area contributed by atoms with Crippen molar-refractivity contribution in [3.05, 3.63) is 41.5 Å². The molecule has 3 heteroatoms. The van der Waals surface area contributed by atoms with E-state index in [1.54, 1.807) is 0 Å². The summed E-state index contributed by atoms with van der Waals surface area (Å²) in [6.45, 7) is 1.73. The minimum atomic E-state index is 0.695. The lowest BCUT2D eigenvalue weighted by Gasteiger charge is -2.16. The second kappa shape index (κ2) is 8.63. The van der Waals surface area contributed by atoms with Gasteiger partial charge >= 0.3 is 0 Å². The maximum absolute atomic E-state index is 5.51. The van der Waals surface area contributed by atoms with Crippen LogP contribution in [0.1, 0.15) is 37.7 Å². The van der Waals surface area contributed by atoms with Crippen LogP contribution < -0.4 is 0 Å². The SMILES string of the molecule is CN(C)CCCON=C1CCCCC1=Cc1ccccc1. The van der Waals surface area contributed by atoms with Gasteiger partial charge in [0.2, 0.25) is 0 Å². The molecule has 1 aliphatic carbocycles. The average Bonchev–Trinajstić information content (AvgIpc) is 2.49. The van der Waals surface area contributed by atoms with Crippen molar-refractivity contribution in [1.29, 1.82) is 0 Å². The van der Waals surface area contributed by atoms with Crippen LogP contribution >= 0.6 is 0 Å². The summed E-state index contributed by atoms with van der Waals surface area (Å²) >= 11 is 0. The van der Waals surface area contributed by atoms with Crippen molar-refractivity contribution in [1.82, 2.24) is 4.90 Å². The van der Waals surface area contributed by atoms with Crippen molar-refractivity contribution in [2.24, 2.45) is 5.16 Å². The molecule has 1 aliphatic rings. The van der Waals surface area contributed by atoms with Crippen LogP contribution in [0.15, 0.2) is 41.1 Å². The van der Waals surface area contributed by atoms with Crippen molar-refractivity contribution in [2.75, 3.05) is 27.2 Å². The molecule has 1 fully saturated rings. The second-order valence-corrected chi connectivity index (χ2v) is 5.82. The molecule has 0 atom stereocenters. The summed E-state index contributed by atoms with van der Waals surface area (Å²) in [5.41, 5.74) is 3.71. The zero-order valence-corrected chi connectivity index (χ0v) is 13.2. The van der Waals surface area contributed by atoms with Gasteiger partial charge in [-0.25, -0.2) is 0 Å². The Labute approximate surface area is 128 Å². The molecular formula is C18H26N2O. The van der Waals surface area contributed by atoms with Gasteiger partial charge in [0.1, 0.15) is 6.61 Å². The molecule has 0 spiro atoms. The lowest BCUT2D eigenvalue weighted by molar-refractivity contribution is 0.134. The van der Waals surface area contributed by atoms with E-state index < -0.39 is 0 Å². The Morgan fingerprint density at radius 3 is 2.67 bits per heavy atom. The Morgan fingerprint density at radius 2 is 1.90 bits per heavy atom. The third kappa shape index (κ3) is 5.72. The zero-order valence-electron chi connectivity index (χ0n) is 13.2. The summed E-state index contributed by atoms with van der Waals surface area (Å²) in [6.07, 6.45) is 7.87. The van der Waals surface area contributed by atoms with Crippen molar-refractivity contribution in [3.63, 3.8) is 0 Å². The third-order valence-electron chi connectivity index (χ3n) is 3.64. The molecular weight excluding hydrogens is 260 g/mol. The fourth-order valence-corrected chi connectivity index (χ4v) is 2.49. The monoisotopic (exact) mass is 286 g/mol. The molecule has 1 aromatic carbocycles. The quantitative estimate of drug-likeness (QED) is 0.584. The number of oxime groups is 1. The van der Waals surface area contributed by atoms with Gasteiger partial charge in [-0.1, -0.05) is 35.5 Å². The summed E-state index contributed by atoms with van der Waals surface area (Å²) < 4.78 is 0. The minimum absolute atomic E-state index is 0.695. The van der Waals surface area contributed by atoms with E-state index >= 15 is 0 Å². The molecule has 0 radical (unpaired) electrons. The average molecular weight is 286 g/mol. The first kappa shape index (κ1) is 15.8. The molecule has 0 bridgehead atoms. The molecule has 3 nitrogen and oxygen atoms in total. The number of rotatable bonds is 6.